The number of hydrogen-bond acceptors (Lipinski definition) is 9. The molecule has 0 spiro atoms. The fourth-order valence-electron chi connectivity index (χ4n) is 4.87. The molecule has 0 aliphatic rings. The van der Waals surface area contributed by atoms with Gasteiger partial charge in [-0.15, -0.1) is 0 Å². The molecule has 11 nitrogen and oxygen atoms in total. The summed E-state index contributed by atoms with van der Waals surface area (Å²) in [5, 5.41) is 8.70. The van der Waals surface area contributed by atoms with E-state index in [4.69, 9.17) is 20.5 Å². The summed E-state index contributed by atoms with van der Waals surface area (Å²) in [5.41, 5.74) is 3.67. The van der Waals surface area contributed by atoms with Crippen molar-refractivity contribution in [3.8, 4) is 11.3 Å². The number of hydrogen-bond donors (Lipinski definition) is 1. The molecule has 0 bridgehead atoms. The number of halogens is 2. The molecule has 0 amide bonds. The van der Waals surface area contributed by atoms with E-state index in [0.717, 1.165) is 12.3 Å². The number of imidazole rings is 1. The number of aromatic nitrogens is 6. The first kappa shape index (κ1) is 32.0. The molecule has 234 valence electrons. The first-order valence-corrected chi connectivity index (χ1v) is 20.0. The van der Waals surface area contributed by atoms with Crippen LogP contribution >= 0.6 is 11.6 Å². The lowest BCUT2D eigenvalue weighted by Crippen LogP contribution is -2.22. The number of aryl methyl sites for hydroxylation is 2. The van der Waals surface area contributed by atoms with Crippen molar-refractivity contribution in [2.45, 2.75) is 59.4 Å². The summed E-state index contributed by atoms with van der Waals surface area (Å²) < 4.78 is 53.2. The molecule has 5 rings (SSSR count). The van der Waals surface area contributed by atoms with Crippen molar-refractivity contribution in [2.24, 2.45) is 0 Å². The second kappa shape index (κ2) is 12.5. The van der Waals surface area contributed by atoms with Gasteiger partial charge in [-0.25, -0.2) is 24.0 Å². The normalized spacial score (nSPS) is 12.5. The maximum atomic E-state index is 15.1. The van der Waals surface area contributed by atoms with Gasteiger partial charge in [0.15, 0.2) is 5.82 Å². The number of benzene rings is 2. The highest BCUT2D eigenvalue weighted by Crippen LogP contribution is 2.33. The van der Waals surface area contributed by atoms with Crippen molar-refractivity contribution < 1.29 is 21.7 Å². The van der Waals surface area contributed by atoms with Crippen LogP contribution in [0.2, 0.25) is 30.7 Å². The maximum absolute atomic E-state index is 15.1. The molecule has 0 saturated heterocycles. The molecule has 0 radical (unpaired) electrons. The quantitative estimate of drug-likeness (QED) is 0.0908. The topological polar surface area (TPSA) is 126 Å². The summed E-state index contributed by atoms with van der Waals surface area (Å²) >= 11 is 6.53. The van der Waals surface area contributed by atoms with Crippen LogP contribution in [0.1, 0.15) is 18.3 Å². The first-order valence-electron chi connectivity index (χ1n) is 14.1. The number of nitrogens with one attached hydrogen (secondary N) is 1. The highest BCUT2D eigenvalue weighted by molar-refractivity contribution is 7.85. The zero-order valence-corrected chi connectivity index (χ0v) is 28.1. The Bertz CT molecular complexity index is 1960. The SMILES string of the molecule is CCn1c(C)nc2c(F)cc(-c3nc(Nc4ccc(COS(C)(=O)=O)c5cnn(COCC[Si](C)(C)C)c45)ncc3Cl)cc21. The number of anilines is 2. The van der Waals surface area contributed by atoms with Crippen LogP contribution in [0.25, 0.3) is 33.2 Å². The van der Waals surface area contributed by atoms with E-state index in [-0.39, 0.29) is 24.3 Å². The smallest absolute Gasteiger partial charge is 0.264 e. The molecule has 44 heavy (non-hydrogen) atoms. The number of ether oxygens (including phenoxy) is 1. The van der Waals surface area contributed by atoms with Crippen LogP contribution in [-0.4, -0.2) is 58.7 Å². The van der Waals surface area contributed by atoms with Gasteiger partial charge in [-0.05, 0) is 43.7 Å². The minimum Gasteiger partial charge on any atom is -0.360 e. The van der Waals surface area contributed by atoms with Gasteiger partial charge >= 0.3 is 0 Å². The first-order chi connectivity index (χ1) is 20.7. The van der Waals surface area contributed by atoms with E-state index in [1.54, 1.807) is 23.0 Å². The van der Waals surface area contributed by atoms with E-state index in [9.17, 15) is 8.42 Å². The van der Waals surface area contributed by atoms with Crippen molar-refractivity contribution in [3.63, 3.8) is 0 Å². The zero-order valence-electron chi connectivity index (χ0n) is 25.5. The predicted octanol–water partition coefficient (Wildman–Crippen LogP) is 6.50. The lowest BCUT2D eigenvalue weighted by Gasteiger charge is -2.16. The second-order valence-electron chi connectivity index (χ2n) is 11.7. The van der Waals surface area contributed by atoms with Crippen molar-refractivity contribution >= 4 is 63.4 Å². The molecule has 15 heteroatoms. The number of nitrogens with zero attached hydrogens (tertiary/aromatic N) is 6. The van der Waals surface area contributed by atoms with Gasteiger partial charge in [0, 0.05) is 32.2 Å². The third kappa shape index (κ3) is 7.10. The fraction of sp³-hybridized carbons (Fsp3) is 0.379. The Labute approximate surface area is 261 Å². The van der Waals surface area contributed by atoms with Crippen LogP contribution in [0.5, 0.6) is 0 Å². The van der Waals surface area contributed by atoms with Crippen LogP contribution in [0.3, 0.4) is 0 Å². The Morgan fingerprint density at radius 1 is 1.14 bits per heavy atom. The van der Waals surface area contributed by atoms with Gasteiger partial charge in [-0.1, -0.05) is 37.3 Å². The molecule has 0 aliphatic carbocycles. The molecule has 0 aliphatic heterocycles. The molecule has 0 fully saturated rings. The van der Waals surface area contributed by atoms with Gasteiger partial charge in [0.05, 0.1) is 52.7 Å². The fourth-order valence-corrected chi connectivity index (χ4v) is 6.16. The predicted molar refractivity (Wildman–Crippen MR) is 173 cm³/mol. The largest absolute Gasteiger partial charge is 0.360 e. The van der Waals surface area contributed by atoms with Crippen molar-refractivity contribution in [3.05, 3.63) is 58.9 Å². The average molecular weight is 660 g/mol. The molecule has 0 atom stereocenters. The van der Waals surface area contributed by atoms with E-state index in [2.05, 4.69) is 45.0 Å². The Morgan fingerprint density at radius 3 is 2.61 bits per heavy atom. The highest BCUT2D eigenvalue weighted by atomic mass is 35.5. The number of rotatable bonds is 12. The zero-order chi connectivity index (χ0) is 31.8. The molecule has 5 aromatic rings. The van der Waals surface area contributed by atoms with Crippen molar-refractivity contribution in [2.75, 3.05) is 18.2 Å². The van der Waals surface area contributed by atoms with E-state index >= 15 is 4.39 Å². The third-order valence-electron chi connectivity index (χ3n) is 7.11. The molecule has 0 unspecified atom stereocenters. The van der Waals surface area contributed by atoms with Crippen LogP contribution in [0.15, 0.2) is 36.7 Å². The van der Waals surface area contributed by atoms with E-state index in [1.165, 1.54) is 12.3 Å². The molecule has 0 saturated carbocycles. The van der Waals surface area contributed by atoms with Crippen LogP contribution < -0.4 is 5.32 Å². The summed E-state index contributed by atoms with van der Waals surface area (Å²) in [4.78, 5) is 13.4. The van der Waals surface area contributed by atoms with Gasteiger partial charge in [-0.2, -0.15) is 13.5 Å². The molecule has 1 N–H and O–H groups in total. The van der Waals surface area contributed by atoms with Crippen molar-refractivity contribution in [1.82, 2.24) is 29.3 Å². The maximum Gasteiger partial charge on any atom is 0.264 e. The Morgan fingerprint density at radius 2 is 1.91 bits per heavy atom. The summed E-state index contributed by atoms with van der Waals surface area (Å²) in [6, 6.07) is 7.71. The van der Waals surface area contributed by atoms with E-state index in [0.29, 0.717) is 63.4 Å². The summed E-state index contributed by atoms with van der Waals surface area (Å²) in [6.45, 7) is 11.9. The van der Waals surface area contributed by atoms with E-state index < -0.39 is 24.0 Å². The van der Waals surface area contributed by atoms with Gasteiger partial charge in [0.2, 0.25) is 5.95 Å². The van der Waals surface area contributed by atoms with Gasteiger partial charge in [0.25, 0.3) is 10.1 Å². The average Bonchev–Trinajstić information content (AvgIpc) is 3.51. The van der Waals surface area contributed by atoms with Crippen LogP contribution in [0.4, 0.5) is 16.0 Å². The molecule has 3 aromatic heterocycles. The van der Waals surface area contributed by atoms with Crippen LogP contribution in [0, 0.1) is 12.7 Å². The van der Waals surface area contributed by atoms with Gasteiger partial charge in [0.1, 0.15) is 18.1 Å². The lowest BCUT2D eigenvalue weighted by atomic mass is 10.1. The second-order valence-corrected chi connectivity index (χ2v) is 19.4. The monoisotopic (exact) mass is 659 g/mol. The van der Waals surface area contributed by atoms with E-state index in [1.807, 2.05) is 24.5 Å². The summed E-state index contributed by atoms with van der Waals surface area (Å²) in [7, 11) is -4.95. The van der Waals surface area contributed by atoms with Crippen LogP contribution in [-0.2, 0) is 38.9 Å². The third-order valence-corrected chi connectivity index (χ3v) is 9.64. The summed E-state index contributed by atoms with van der Waals surface area (Å²) in [5.74, 6) is 0.465. The van der Waals surface area contributed by atoms with Gasteiger partial charge < -0.3 is 14.6 Å². The van der Waals surface area contributed by atoms with Crippen molar-refractivity contribution in [1.29, 1.82) is 0 Å². The highest BCUT2D eigenvalue weighted by Gasteiger charge is 2.19. The minimum absolute atomic E-state index is 0.152. The Hall–Kier alpha value is -3.43. The minimum atomic E-state index is -3.66. The standard InChI is InChI=1S/C29H35ClFN7O4SSi/c1-7-37-18(2)34-27-23(31)12-20(13-25(27)37)26-22(30)15-32-29(36-26)35-24-9-8-19(16-42-43(3,39)40)21-14-33-38(28(21)24)17-41-10-11-44(4,5)6/h8-9,12-15H,7,10-11,16-17H2,1-6H3,(H,32,35,36). The van der Waals surface area contributed by atoms with Gasteiger partial charge in [-0.3, -0.25) is 4.18 Å². The lowest BCUT2D eigenvalue weighted by molar-refractivity contribution is 0.0817. The summed E-state index contributed by atoms with van der Waals surface area (Å²) in [6.07, 6.45) is 4.11. The molecule has 3 heterocycles. The number of fused-ring (bicyclic) bond motifs is 2. The Kier molecular flexibility index (Phi) is 9.10. The molecule has 2 aromatic carbocycles. The molecular formula is C29H35ClFN7O4SSi. The molecular weight excluding hydrogens is 625 g/mol. The Balaban J connectivity index is 1.52.